The van der Waals surface area contributed by atoms with Crippen LogP contribution in [0.1, 0.15) is 6.42 Å². The number of anilines is 2. The molecule has 140 valence electrons. The zero-order chi connectivity index (χ0) is 19.4. The number of nitrogen functional groups attached to an aromatic ring is 1. The van der Waals surface area contributed by atoms with Gasteiger partial charge in [0, 0.05) is 48.2 Å². The number of aromatic nitrogens is 4. The minimum Gasteiger partial charge on any atom is -0.383 e. The lowest BCUT2D eigenvalue weighted by Crippen LogP contribution is -2.15. The molecule has 4 heterocycles. The maximum atomic E-state index is 13.1. The molecule has 4 aromatic rings. The van der Waals surface area contributed by atoms with Crippen LogP contribution in [0.2, 0.25) is 0 Å². The first kappa shape index (κ1) is 16.6. The number of rotatable bonds is 3. The number of pyridine rings is 3. The zero-order valence-electron chi connectivity index (χ0n) is 15.1. The third-order valence-electron chi connectivity index (χ3n) is 5.10. The summed E-state index contributed by atoms with van der Waals surface area (Å²) in [5.74, 6) is -0.214. The molecular formula is C20H17FN6O. The molecule has 2 atom stereocenters. The fourth-order valence-corrected chi connectivity index (χ4v) is 3.47. The summed E-state index contributed by atoms with van der Waals surface area (Å²) < 4.78 is 15.1. The van der Waals surface area contributed by atoms with Crippen molar-refractivity contribution in [3.63, 3.8) is 0 Å². The highest BCUT2D eigenvalue weighted by Crippen LogP contribution is 2.35. The number of amides is 1. The Hall–Kier alpha value is -3.55. The van der Waals surface area contributed by atoms with Crippen molar-refractivity contribution in [1.82, 2.24) is 19.5 Å². The van der Waals surface area contributed by atoms with Gasteiger partial charge in [0.15, 0.2) is 0 Å². The van der Waals surface area contributed by atoms with Crippen LogP contribution in [0.25, 0.3) is 32.9 Å². The van der Waals surface area contributed by atoms with Crippen LogP contribution in [0.15, 0.2) is 43.0 Å². The van der Waals surface area contributed by atoms with Gasteiger partial charge in [-0.15, -0.1) is 0 Å². The van der Waals surface area contributed by atoms with Crippen LogP contribution in [0.4, 0.5) is 16.0 Å². The van der Waals surface area contributed by atoms with E-state index in [2.05, 4.69) is 20.3 Å². The lowest BCUT2D eigenvalue weighted by molar-refractivity contribution is -0.117. The summed E-state index contributed by atoms with van der Waals surface area (Å²) in [4.78, 5) is 25.0. The smallest absolute Gasteiger partial charge is 0.231 e. The van der Waals surface area contributed by atoms with Crippen LogP contribution >= 0.6 is 0 Å². The van der Waals surface area contributed by atoms with Crippen molar-refractivity contribution in [2.24, 2.45) is 13.0 Å². The van der Waals surface area contributed by atoms with Gasteiger partial charge in [0.05, 0.1) is 17.1 Å². The van der Waals surface area contributed by atoms with Crippen LogP contribution in [0.5, 0.6) is 0 Å². The normalized spacial score (nSPS) is 18.5. The summed E-state index contributed by atoms with van der Waals surface area (Å²) >= 11 is 0. The monoisotopic (exact) mass is 376 g/mol. The third-order valence-corrected chi connectivity index (χ3v) is 5.10. The molecule has 8 heteroatoms. The Kier molecular flexibility index (Phi) is 3.55. The maximum Gasteiger partial charge on any atom is 0.231 e. The number of alkyl halides is 1. The molecule has 1 saturated carbocycles. The van der Waals surface area contributed by atoms with E-state index in [0.717, 1.165) is 21.9 Å². The van der Waals surface area contributed by atoms with Gasteiger partial charge >= 0.3 is 0 Å². The van der Waals surface area contributed by atoms with Gasteiger partial charge in [-0.1, -0.05) is 0 Å². The average molecular weight is 376 g/mol. The molecule has 1 amide bonds. The third kappa shape index (κ3) is 2.65. The van der Waals surface area contributed by atoms with Crippen molar-refractivity contribution >= 4 is 39.2 Å². The molecule has 0 unspecified atom stereocenters. The molecular weight excluding hydrogens is 359 g/mol. The molecule has 0 spiro atoms. The summed E-state index contributed by atoms with van der Waals surface area (Å²) in [5, 5.41) is 5.15. The zero-order valence-corrected chi connectivity index (χ0v) is 15.1. The van der Waals surface area contributed by atoms with Crippen LogP contribution < -0.4 is 11.1 Å². The SMILES string of the molecule is Cn1ccc2cncc(-c3cc4cc(NC(=O)[C@@H]5C[C@@H]5F)ncc4c(N)n3)c21. The van der Waals surface area contributed by atoms with E-state index >= 15 is 0 Å². The molecule has 0 radical (unpaired) electrons. The van der Waals surface area contributed by atoms with Crippen LogP contribution in [0.3, 0.4) is 0 Å². The molecule has 7 nitrogen and oxygen atoms in total. The van der Waals surface area contributed by atoms with E-state index in [0.29, 0.717) is 22.7 Å². The van der Waals surface area contributed by atoms with E-state index in [-0.39, 0.29) is 12.3 Å². The second-order valence-electron chi connectivity index (χ2n) is 7.08. The minimum atomic E-state index is -1.05. The van der Waals surface area contributed by atoms with Gasteiger partial charge in [-0.2, -0.15) is 0 Å². The summed E-state index contributed by atoms with van der Waals surface area (Å²) in [6.07, 6.45) is 6.32. The average Bonchev–Trinajstić information content (AvgIpc) is 3.30. The molecule has 0 bridgehead atoms. The first-order valence-corrected chi connectivity index (χ1v) is 8.92. The predicted octanol–water partition coefficient (Wildman–Crippen LogP) is 3.06. The number of carbonyl (C=O) groups is 1. The molecule has 5 rings (SSSR count). The van der Waals surface area contributed by atoms with Crippen molar-refractivity contribution in [3.8, 4) is 11.3 Å². The van der Waals surface area contributed by atoms with Crippen molar-refractivity contribution in [3.05, 3.63) is 43.0 Å². The Morgan fingerprint density at radius 3 is 2.89 bits per heavy atom. The fraction of sp³-hybridized carbons (Fsp3) is 0.200. The molecule has 3 N–H and O–H groups in total. The molecule has 0 aromatic carbocycles. The number of hydrogen-bond donors (Lipinski definition) is 2. The maximum absolute atomic E-state index is 13.1. The quantitative estimate of drug-likeness (QED) is 0.573. The molecule has 1 aliphatic carbocycles. The van der Waals surface area contributed by atoms with E-state index in [4.69, 9.17) is 5.73 Å². The van der Waals surface area contributed by atoms with E-state index in [9.17, 15) is 9.18 Å². The fourth-order valence-electron chi connectivity index (χ4n) is 3.47. The summed E-state index contributed by atoms with van der Waals surface area (Å²) in [6.45, 7) is 0. The van der Waals surface area contributed by atoms with E-state index < -0.39 is 12.1 Å². The lowest BCUT2D eigenvalue weighted by atomic mass is 10.1. The van der Waals surface area contributed by atoms with Crippen LogP contribution in [-0.2, 0) is 11.8 Å². The van der Waals surface area contributed by atoms with Crippen LogP contribution in [0, 0.1) is 5.92 Å². The Morgan fingerprint density at radius 1 is 1.29 bits per heavy atom. The van der Waals surface area contributed by atoms with Crippen molar-refractivity contribution in [2.45, 2.75) is 12.6 Å². The van der Waals surface area contributed by atoms with Gasteiger partial charge in [0.1, 0.15) is 17.8 Å². The highest BCUT2D eigenvalue weighted by atomic mass is 19.1. The Morgan fingerprint density at radius 2 is 2.11 bits per heavy atom. The van der Waals surface area contributed by atoms with Crippen molar-refractivity contribution in [1.29, 1.82) is 0 Å². The summed E-state index contributed by atoms with van der Waals surface area (Å²) in [6, 6.07) is 5.61. The predicted molar refractivity (Wildman–Crippen MR) is 105 cm³/mol. The van der Waals surface area contributed by atoms with Crippen molar-refractivity contribution < 1.29 is 9.18 Å². The molecule has 0 saturated heterocycles. The molecule has 4 aromatic heterocycles. The molecule has 1 aliphatic rings. The first-order chi connectivity index (χ1) is 13.5. The van der Waals surface area contributed by atoms with Gasteiger partial charge < -0.3 is 15.6 Å². The first-order valence-electron chi connectivity index (χ1n) is 8.92. The molecule has 0 aliphatic heterocycles. The topological polar surface area (TPSA) is 98.7 Å². The Balaban J connectivity index is 1.60. The summed E-state index contributed by atoms with van der Waals surface area (Å²) in [7, 11) is 1.96. The van der Waals surface area contributed by atoms with Crippen molar-refractivity contribution in [2.75, 3.05) is 11.1 Å². The van der Waals surface area contributed by atoms with E-state index in [1.807, 2.05) is 29.9 Å². The highest BCUT2D eigenvalue weighted by Gasteiger charge is 2.43. The number of nitrogens with one attached hydrogen (secondary N) is 1. The number of halogens is 1. The number of aryl methyl sites for hydroxylation is 1. The van der Waals surface area contributed by atoms with E-state index in [1.165, 1.54) is 0 Å². The molecule has 28 heavy (non-hydrogen) atoms. The van der Waals surface area contributed by atoms with E-state index in [1.54, 1.807) is 24.7 Å². The number of nitrogens with zero attached hydrogens (tertiary/aromatic N) is 4. The number of hydrogen-bond acceptors (Lipinski definition) is 5. The summed E-state index contributed by atoms with van der Waals surface area (Å²) in [5.41, 5.74) is 8.71. The Labute approximate surface area is 159 Å². The number of nitrogens with two attached hydrogens (primary N) is 1. The lowest BCUT2D eigenvalue weighted by Gasteiger charge is -2.10. The molecule has 1 fully saturated rings. The highest BCUT2D eigenvalue weighted by molar-refractivity contribution is 6.00. The van der Waals surface area contributed by atoms with Gasteiger partial charge in [0.25, 0.3) is 0 Å². The largest absolute Gasteiger partial charge is 0.383 e. The van der Waals surface area contributed by atoms with Gasteiger partial charge in [-0.3, -0.25) is 9.78 Å². The second kappa shape index (κ2) is 5.98. The number of carbonyl (C=O) groups excluding carboxylic acids is 1. The van der Waals surface area contributed by atoms with Gasteiger partial charge in [0.2, 0.25) is 5.91 Å². The Bertz CT molecular complexity index is 1250. The number of fused-ring (bicyclic) bond motifs is 2. The second-order valence-corrected chi connectivity index (χ2v) is 7.08. The van der Waals surface area contributed by atoms with Gasteiger partial charge in [-0.05, 0) is 30.0 Å². The standard InChI is InChI=1S/C20H17FN6O/c1-27-3-2-10-7-23-8-14(18(10)27)16-4-11-5-17(24-9-13(11)19(22)25-16)26-20(28)12-6-15(12)21/h2-5,7-9,12,15H,6H2,1H3,(H2,22,25)(H,24,26,28)/t12-,15+/m1/s1. The van der Waals surface area contributed by atoms with Crippen LogP contribution in [-0.4, -0.2) is 31.6 Å². The van der Waals surface area contributed by atoms with Gasteiger partial charge in [-0.25, -0.2) is 14.4 Å². The minimum absolute atomic E-state index is 0.272.